The minimum Gasteiger partial charge on any atom is -0.488 e. The molecule has 0 unspecified atom stereocenters. The lowest BCUT2D eigenvalue weighted by Gasteiger charge is -2.21. The van der Waals surface area contributed by atoms with Crippen LogP contribution >= 0.6 is 0 Å². The number of hydroxylamine groups is 1. The Hall–Kier alpha value is -2.86. The van der Waals surface area contributed by atoms with E-state index in [1.165, 1.54) is 11.6 Å². The maximum atomic E-state index is 12.4. The number of amides is 1. The molecule has 0 saturated carbocycles. The van der Waals surface area contributed by atoms with Gasteiger partial charge in [-0.15, -0.1) is 0 Å². The van der Waals surface area contributed by atoms with Gasteiger partial charge in [0.15, 0.2) is 0 Å². The number of carbonyl (C=O) groups is 1. The average molecular weight is 356 g/mol. The highest BCUT2D eigenvalue weighted by molar-refractivity contribution is 5.90. The predicted octanol–water partition coefficient (Wildman–Crippen LogP) is 2.79. The number of aromatic nitrogens is 1. The molecule has 1 aromatic heterocycles. The van der Waals surface area contributed by atoms with Gasteiger partial charge in [0, 0.05) is 24.4 Å². The maximum absolute atomic E-state index is 12.4. The number of aryl methyl sites for hydroxylation is 2. The third-order valence-corrected chi connectivity index (χ3v) is 3.56. The van der Waals surface area contributed by atoms with E-state index in [2.05, 4.69) is 0 Å². The van der Waals surface area contributed by atoms with Crippen LogP contribution in [0.25, 0.3) is 6.08 Å². The van der Waals surface area contributed by atoms with Gasteiger partial charge < -0.3 is 9.30 Å². The van der Waals surface area contributed by atoms with Crippen LogP contribution in [-0.2, 0) is 17.8 Å². The van der Waals surface area contributed by atoms with Gasteiger partial charge in [-0.25, -0.2) is 5.48 Å². The molecule has 0 aliphatic rings. The summed E-state index contributed by atoms with van der Waals surface area (Å²) in [6, 6.07) is 11.2. The third-order valence-electron chi connectivity index (χ3n) is 3.56. The van der Waals surface area contributed by atoms with Crippen molar-refractivity contribution in [2.24, 2.45) is 0 Å². The van der Waals surface area contributed by atoms with Gasteiger partial charge in [-0.3, -0.25) is 14.8 Å². The zero-order valence-corrected chi connectivity index (χ0v) is 15.2. The predicted molar refractivity (Wildman–Crippen MR) is 100 cm³/mol. The van der Waals surface area contributed by atoms with Crippen LogP contribution in [0.3, 0.4) is 0 Å². The van der Waals surface area contributed by atoms with Crippen molar-refractivity contribution in [3.63, 3.8) is 0 Å². The molecule has 1 aromatic carbocycles. The van der Waals surface area contributed by atoms with E-state index < -0.39 is 5.91 Å². The van der Waals surface area contributed by atoms with Crippen molar-refractivity contribution >= 4 is 12.0 Å². The van der Waals surface area contributed by atoms with Crippen LogP contribution in [-0.4, -0.2) is 21.3 Å². The summed E-state index contributed by atoms with van der Waals surface area (Å²) < 4.78 is 7.39. The summed E-state index contributed by atoms with van der Waals surface area (Å²) in [5.74, 6) is 0.130. The van der Waals surface area contributed by atoms with E-state index in [1.54, 1.807) is 22.9 Å². The van der Waals surface area contributed by atoms with Crippen molar-refractivity contribution < 1.29 is 14.7 Å². The molecule has 26 heavy (non-hydrogen) atoms. The number of pyridine rings is 1. The molecular formula is C20H24N2O4. The molecule has 0 aliphatic heterocycles. The average Bonchev–Trinajstić information content (AvgIpc) is 2.59. The fourth-order valence-electron chi connectivity index (χ4n) is 2.39. The summed E-state index contributed by atoms with van der Waals surface area (Å²) in [5, 5.41) is 8.49. The molecule has 6 nitrogen and oxygen atoms in total. The highest BCUT2D eigenvalue weighted by Crippen LogP contribution is 2.18. The van der Waals surface area contributed by atoms with Crippen LogP contribution in [0.4, 0.5) is 0 Å². The molecule has 0 fully saturated rings. The second kappa shape index (κ2) is 8.49. The minimum absolute atomic E-state index is 0.192. The number of carbonyl (C=O) groups excluding carboxylic acids is 1. The van der Waals surface area contributed by atoms with Crippen molar-refractivity contribution in [2.45, 2.75) is 39.3 Å². The van der Waals surface area contributed by atoms with E-state index in [4.69, 9.17) is 9.94 Å². The fraction of sp³-hybridized carbons (Fsp3) is 0.300. The molecule has 2 N–H and O–H groups in total. The second-order valence-electron chi connectivity index (χ2n) is 6.88. The molecule has 1 amide bonds. The lowest BCUT2D eigenvalue weighted by molar-refractivity contribution is -0.124. The number of ether oxygens (including phenoxy) is 1. The van der Waals surface area contributed by atoms with Crippen LogP contribution in [0.15, 0.2) is 53.5 Å². The Bertz CT molecular complexity index is 830. The van der Waals surface area contributed by atoms with E-state index in [0.717, 1.165) is 17.4 Å². The van der Waals surface area contributed by atoms with Gasteiger partial charge in [0.25, 0.3) is 11.5 Å². The van der Waals surface area contributed by atoms with Crippen molar-refractivity contribution in [1.29, 1.82) is 0 Å². The van der Waals surface area contributed by atoms with Gasteiger partial charge in [-0.2, -0.15) is 0 Å². The van der Waals surface area contributed by atoms with E-state index in [9.17, 15) is 9.59 Å². The smallest absolute Gasteiger partial charge is 0.267 e. The van der Waals surface area contributed by atoms with Gasteiger partial charge >= 0.3 is 0 Å². The Morgan fingerprint density at radius 2 is 1.92 bits per heavy atom. The zero-order chi connectivity index (χ0) is 19.2. The monoisotopic (exact) mass is 356 g/mol. The number of hydrogen-bond acceptors (Lipinski definition) is 4. The first kappa shape index (κ1) is 19.5. The molecule has 2 aromatic rings. The summed E-state index contributed by atoms with van der Waals surface area (Å²) in [7, 11) is 0. The molecule has 0 aliphatic carbocycles. The SMILES string of the molecule is CC(C)(C)Oc1ccc(CCn2cccc(/C=C/C(=O)NO)c2=O)cc1. The standard InChI is InChI=1S/C20H24N2O4/c1-20(2,3)26-17-9-6-15(7-10-17)12-14-22-13-4-5-16(19(22)24)8-11-18(23)21-25/h4-11,13,25H,12,14H2,1-3H3,(H,21,23)/b11-8+. The highest BCUT2D eigenvalue weighted by Gasteiger charge is 2.11. The minimum atomic E-state index is -0.683. The van der Waals surface area contributed by atoms with Crippen molar-refractivity contribution in [3.8, 4) is 5.75 Å². The largest absolute Gasteiger partial charge is 0.488 e. The number of hydrogen-bond donors (Lipinski definition) is 2. The third kappa shape index (κ3) is 5.89. The number of nitrogens with one attached hydrogen (secondary N) is 1. The van der Waals surface area contributed by atoms with Gasteiger partial charge in [-0.05, 0) is 63.1 Å². The van der Waals surface area contributed by atoms with Crippen LogP contribution in [0.2, 0.25) is 0 Å². The molecule has 6 heteroatoms. The molecule has 2 rings (SSSR count). The normalized spacial score (nSPS) is 11.5. The van der Waals surface area contributed by atoms with Gasteiger partial charge in [0.05, 0.1) is 0 Å². The topological polar surface area (TPSA) is 80.6 Å². The first-order chi connectivity index (χ1) is 12.3. The number of rotatable bonds is 6. The summed E-state index contributed by atoms with van der Waals surface area (Å²) in [6.45, 7) is 6.52. The number of benzene rings is 1. The molecular weight excluding hydrogens is 332 g/mol. The van der Waals surface area contributed by atoms with Crippen LogP contribution in [0.1, 0.15) is 31.9 Å². The lowest BCUT2D eigenvalue weighted by Crippen LogP contribution is -2.23. The Balaban J connectivity index is 2.04. The van der Waals surface area contributed by atoms with Crippen molar-refractivity contribution in [1.82, 2.24) is 10.0 Å². The zero-order valence-electron chi connectivity index (χ0n) is 15.2. The van der Waals surface area contributed by atoms with Crippen molar-refractivity contribution in [3.05, 3.63) is 70.2 Å². The highest BCUT2D eigenvalue weighted by atomic mass is 16.5. The summed E-state index contributed by atoms with van der Waals surface area (Å²) in [6.07, 6.45) is 4.89. The quantitative estimate of drug-likeness (QED) is 0.474. The Morgan fingerprint density at radius 3 is 2.54 bits per heavy atom. The second-order valence-corrected chi connectivity index (χ2v) is 6.88. The van der Waals surface area contributed by atoms with Gasteiger partial charge in [0.1, 0.15) is 11.4 Å². The van der Waals surface area contributed by atoms with Crippen LogP contribution in [0.5, 0.6) is 5.75 Å². The van der Waals surface area contributed by atoms with Gasteiger partial charge in [-0.1, -0.05) is 12.1 Å². The molecule has 0 bridgehead atoms. The van der Waals surface area contributed by atoms with E-state index in [-0.39, 0.29) is 11.2 Å². The molecule has 0 radical (unpaired) electrons. The molecule has 0 saturated heterocycles. The first-order valence-electron chi connectivity index (χ1n) is 8.38. The van der Waals surface area contributed by atoms with E-state index >= 15 is 0 Å². The summed E-state index contributed by atoms with van der Waals surface area (Å²) in [5.41, 5.74) is 2.53. The Labute approximate surface area is 152 Å². The van der Waals surface area contributed by atoms with Gasteiger partial charge in [0.2, 0.25) is 0 Å². The lowest BCUT2D eigenvalue weighted by atomic mass is 10.1. The molecule has 1 heterocycles. The Kier molecular flexibility index (Phi) is 6.36. The molecule has 0 atom stereocenters. The van der Waals surface area contributed by atoms with Crippen LogP contribution in [0, 0.1) is 0 Å². The maximum Gasteiger partial charge on any atom is 0.267 e. The first-order valence-corrected chi connectivity index (χ1v) is 8.38. The molecule has 0 spiro atoms. The van der Waals surface area contributed by atoms with E-state index in [1.807, 2.05) is 45.0 Å². The fourth-order valence-corrected chi connectivity index (χ4v) is 2.39. The van der Waals surface area contributed by atoms with Crippen molar-refractivity contribution in [2.75, 3.05) is 0 Å². The number of nitrogens with zero attached hydrogens (tertiary/aromatic N) is 1. The van der Waals surface area contributed by atoms with E-state index in [0.29, 0.717) is 18.5 Å². The summed E-state index contributed by atoms with van der Waals surface area (Å²) in [4.78, 5) is 23.4. The van der Waals surface area contributed by atoms with Crippen LogP contribution < -0.4 is 15.8 Å². The molecule has 138 valence electrons. The summed E-state index contributed by atoms with van der Waals surface area (Å²) >= 11 is 0. The Morgan fingerprint density at radius 1 is 1.23 bits per heavy atom.